The second-order valence-corrected chi connectivity index (χ2v) is 9.01. The lowest BCUT2D eigenvalue weighted by Crippen LogP contribution is -2.55. The molecule has 1 aromatic carbocycles. The Bertz CT molecular complexity index is 634. The lowest BCUT2D eigenvalue weighted by atomic mass is 9.49. The van der Waals surface area contributed by atoms with Crippen molar-refractivity contribution in [1.29, 1.82) is 0 Å². The predicted octanol–water partition coefficient (Wildman–Crippen LogP) is 4.31. The number of aliphatic hydroxyl groups excluding tert-OH is 2. The van der Waals surface area contributed by atoms with Gasteiger partial charge in [0.05, 0.1) is 13.2 Å². The SMILES string of the molecule is COc1cc2c(cc1C(C)C)[C@H](O)[C@H](O)[C@H]1C(C)(C)CCC[C@]21C. The van der Waals surface area contributed by atoms with Gasteiger partial charge >= 0.3 is 0 Å². The average molecular weight is 332 g/mol. The van der Waals surface area contributed by atoms with Crippen LogP contribution < -0.4 is 4.74 Å². The molecule has 1 aromatic rings. The molecule has 0 aromatic heterocycles. The fourth-order valence-electron chi connectivity index (χ4n) is 5.57. The normalized spacial score (nSPS) is 34.6. The van der Waals surface area contributed by atoms with Gasteiger partial charge in [-0.25, -0.2) is 0 Å². The second kappa shape index (κ2) is 5.74. The van der Waals surface area contributed by atoms with E-state index in [2.05, 4.69) is 46.8 Å². The summed E-state index contributed by atoms with van der Waals surface area (Å²) in [6.07, 6.45) is 1.75. The summed E-state index contributed by atoms with van der Waals surface area (Å²) in [6, 6.07) is 4.20. The third-order valence-corrected chi connectivity index (χ3v) is 6.67. The molecule has 0 heterocycles. The van der Waals surface area contributed by atoms with Crippen LogP contribution in [0.3, 0.4) is 0 Å². The quantitative estimate of drug-likeness (QED) is 0.848. The highest BCUT2D eigenvalue weighted by molar-refractivity contribution is 5.51. The molecule has 0 unspecified atom stereocenters. The highest BCUT2D eigenvalue weighted by Gasteiger charge is 2.56. The van der Waals surface area contributed by atoms with Gasteiger partial charge < -0.3 is 14.9 Å². The number of hydrogen-bond donors (Lipinski definition) is 2. The molecule has 1 saturated carbocycles. The molecule has 24 heavy (non-hydrogen) atoms. The van der Waals surface area contributed by atoms with Gasteiger partial charge in [-0.2, -0.15) is 0 Å². The largest absolute Gasteiger partial charge is 0.496 e. The zero-order valence-corrected chi connectivity index (χ0v) is 15.9. The zero-order chi connectivity index (χ0) is 17.9. The van der Waals surface area contributed by atoms with Crippen LogP contribution in [-0.4, -0.2) is 23.4 Å². The Morgan fingerprint density at radius 1 is 1.12 bits per heavy atom. The summed E-state index contributed by atoms with van der Waals surface area (Å²) in [4.78, 5) is 0. The van der Waals surface area contributed by atoms with Crippen LogP contribution in [0.15, 0.2) is 12.1 Å². The van der Waals surface area contributed by atoms with Crippen LogP contribution in [0.1, 0.15) is 82.6 Å². The summed E-state index contributed by atoms with van der Waals surface area (Å²) in [5.41, 5.74) is 3.04. The summed E-state index contributed by atoms with van der Waals surface area (Å²) in [5, 5.41) is 21.9. The summed E-state index contributed by atoms with van der Waals surface area (Å²) >= 11 is 0. The molecule has 0 radical (unpaired) electrons. The van der Waals surface area contributed by atoms with E-state index in [9.17, 15) is 10.2 Å². The third-order valence-electron chi connectivity index (χ3n) is 6.67. The predicted molar refractivity (Wildman–Crippen MR) is 96.5 cm³/mol. The van der Waals surface area contributed by atoms with E-state index in [4.69, 9.17) is 4.74 Å². The topological polar surface area (TPSA) is 49.7 Å². The second-order valence-electron chi connectivity index (χ2n) is 9.01. The van der Waals surface area contributed by atoms with Crippen molar-refractivity contribution < 1.29 is 14.9 Å². The molecule has 2 N–H and O–H groups in total. The first-order chi connectivity index (χ1) is 11.1. The number of aliphatic hydroxyl groups is 2. The first-order valence-electron chi connectivity index (χ1n) is 9.22. The van der Waals surface area contributed by atoms with E-state index in [1.807, 2.05) is 0 Å². The maximum atomic E-state index is 11.0. The molecular weight excluding hydrogens is 300 g/mol. The van der Waals surface area contributed by atoms with Crippen molar-refractivity contribution in [2.45, 2.75) is 77.4 Å². The molecule has 0 spiro atoms. The molecule has 4 atom stereocenters. The van der Waals surface area contributed by atoms with Crippen molar-refractivity contribution in [2.24, 2.45) is 11.3 Å². The van der Waals surface area contributed by atoms with E-state index in [1.54, 1.807) is 7.11 Å². The van der Waals surface area contributed by atoms with E-state index in [0.29, 0.717) is 5.92 Å². The van der Waals surface area contributed by atoms with Crippen LogP contribution in [0.5, 0.6) is 5.75 Å². The molecule has 2 aliphatic rings. The summed E-state index contributed by atoms with van der Waals surface area (Å²) in [7, 11) is 1.71. The van der Waals surface area contributed by atoms with Crippen LogP contribution >= 0.6 is 0 Å². The van der Waals surface area contributed by atoms with Gasteiger partial charge in [0.1, 0.15) is 11.9 Å². The van der Waals surface area contributed by atoms with E-state index in [0.717, 1.165) is 36.1 Å². The fourth-order valence-corrected chi connectivity index (χ4v) is 5.57. The Kier molecular flexibility index (Phi) is 4.25. The first-order valence-corrected chi connectivity index (χ1v) is 9.22. The average Bonchev–Trinajstić information content (AvgIpc) is 2.50. The van der Waals surface area contributed by atoms with Crippen LogP contribution in [0.4, 0.5) is 0 Å². The van der Waals surface area contributed by atoms with Crippen molar-refractivity contribution in [3.63, 3.8) is 0 Å². The smallest absolute Gasteiger partial charge is 0.122 e. The Morgan fingerprint density at radius 3 is 2.38 bits per heavy atom. The van der Waals surface area contributed by atoms with Crippen LogP contribution in [0, 0.1) is 11.3 Å². The van der Waals surface area contributed by atoms with Gasteiger partial charge in [0.25, 0.3) is 0 Å². The molecule has 3 nitrogen and oxygen atoms in total. The minimum absolute atomic E-state index is 0.00897. The molecule has 134 valence electrons. The maximum Gasteiger partial charge on any atom is 0.122 e. The maximum absolute atomic E-state index is 11.0. The molecule has 2 aliphatic carbocycles. The number of ether oxygens (including phenoxy) is 1. The molecule has 0 aliphatic heterocycles. The molecule has 3 heteroatoms. The van der Waals surface area contributed by atoms with Gasteiger partial charge in [-0.15, -0.1) is 0 Å². The summed E-state index contributed by atoms with van der Waals surface area (Å²) in [6.45, 7) is 11.0. The minimum Gasteiger partial charge on any atom is -0.496 e. The number of benzene rings is 1. The highest BCUT2D eigenvalue weighted by atomic mass is 16.5. The highest BCUT2D eigenvalue weighted by Crippen LogP contribution is 2.59. The molecule has 1 fully saturated rings. The standard InChI is InChI=1S/C21H32O3/c1-12(2)13-10-14-15(11-16(13)24-6)21(5)9-7-8-20(3,4)19(21)18(23)17(14)22/h10-12,17-19,22-23H,7-9H2,1-6H3/t17-,18-,19-,21+/m0/s1. The Morgan fingerprint density at radius 2 is 1.79 bits per heavy atom. The van der Waals surface area contributed by atoms with E-state index in [-0.39, 0.29) is 16.7 Å². The van der Waals surface area contributed by atoms with Gasteiger partial charge in [0.15, 0.2) is 0 Å². The van der Waals surface area contributed by atoms with Gasteiger partial charge in [-0.1, -0.05) is 41.0 Å². The lowest BCUT2D eigenvalue weighted by Gasteiger charge is -2.57. The Labute approximate surface area is 146 Å². The van der Waals surface area contributed by atoms with Crippen molar-refractivity contribution >= 4 is 0 Å². The fraction of sp³-hybridized carbons (Fsp3) is 0.714. The number of fused-ring (bicyclic) bond motifs is 3. The number of hydrogen-bond acceptors (Lipinski definition) is 3. The molecule has 0 amide bonds. The monoisotopic (exact) mass is 332 g/mol. The number of rotatable bonds is 2. The van der Waals surface area contributed by atoms with Gasteiger partial charge in [-0.05, 0) is 58.4 Å². The molecule has 0 saturated heterocycles. The van der Waals surface area contributed by atoms with Gasteiger partial charge in [0.2, 0.25) is 0 Å². The first kappa shape index (κ1) is 17.8. The minimum atomic E-state index is -0.821. The van der Waals surface area contributed by atoms with Crippen LogP contribution in [0.25, 0.3) is 0 Å². The number of methoxy groups -OCH3 is 1. The van der Waals surface area contributed by atoms with Gasteiger partial charge in [-0.3, -0.25) is 0 Å². The van der Waals surface area contributed by atoms with Crippen LogP contribution in [0.2, 0.25) is 0 Å². The van der Waals surface area contributed by atoms with Crippen molar-refractivity contribution in [2.75, 3.05) is 7.11 Å². The lowest BCUT2D eigenvalue weighted by molar-refractivity contribution is -0.113. The van der Waals surface area contributed by atoms with Crippen LogP contribution in [-0.2, 0) is 5.41 Å². The molecular formula is C21H32O3. The van der Waals surface area contributed by atoms with Crippen molar-refractivity contribution in [3.05, 3.63) is 28.8 Å². The van der Waals surface area contributed by atoms with Crippen molar-refractivity contribution in [1.82, 2.24) is 0 Å². The van der Waals surface area contributed by atoms with Crippen molar-refractivity contribution in [3.8, 4) is 5.75 Å². The Hall–Kier alpha value is -1.06. The van der Waals surface area contributed by atoms with Gasteiger partial charge in [0, 0.05) is 5.92 Å². The molecule has 0 bridgehead atoms. The summed E-state index contributed by atoms with van der Waals surface area (Å²) < 4.78 is 5.67. The Balaban J connectivity index is 2.25. The van der Waals surface area contributed by atoms with E-state index >= 15 is 0 Å². The summed E-state index contributed by atoms with van der Waals surface area (Å²) in [5.74, 6) is 1.26. The third kappa shape index (κ3) is 2.40. The van der Waals surface area contributed by atoms with E-state index < -0.39 is 12.2 Å². The van der Waals surface area contributed by atoms with E-state index in [1.165, 1.54) is 5.56 Å². The molecule has 3 rings (SSSR count). The zero-order valence-electron chi connectivity index (χ0n) is 15.9.